The first kappa shape index (κ1) is 15.4. The molecule has 1 aromatic carbocycles. The summed E-state index contributed by atoms with van der Waals surface area (Å²) in [6, 6.07) is 10.4. The number of benzene rings is 1. The lowest BCUT2D eigenvalue weighted by molar-refractivity contribution is 0.0909. The van der Waals surface area contributed by atoms with Gasteiger partial charge in [0.25, 0.3) is 5.91 Å². The van der Waals surface area contributed by atoms with Crippen LogP contribution in [0.3, 0.4) is 0 Å². The molecule has 0 aliphatic carbocycles. The zero-order valence-corrected chi connectivity index (χ0v) is 14.0. The molecule has 3 heterocycles. The van der Waals surface area contributed by atoms with Crippen molar-refractivity contribution in [2.24, 2.45) is 0 Å². The Morgan fingerprint density at radius 1 is 1.21 bits per heavy atom. The molecule has 2 aliphatic heterocycles. The molecule has 24 heavy (non-hydrogen) atoms. The number of oxazole rings is 1. The van der Waals surface area contributed by atoms with Crippen LogP contribution >= 0.6 is 0 Å². The Morgan fingerprint density at radius 2 is 2.04 bits per heavy atom. The number of nitrogens with one attached hydrogen (secondary N) is 1. The second-order valence-corrected chi connectivity index (χ2v) is 6.76. The van der Waals surface area contributed by atoms with Crippen LogP contribution in [0.25, 0.3) is 11.5 Å². The van der Waals surface area contributed by atoms with E-state index in [0.29, 0.717) is 23.4 Å². The predicted octanol–water partition coefficient (Wildman–Crippen LogP) is 3.01. The summed E-state index contributed by atoms with van der Waals surface area (Å²) >= 11 is 0. The van der Waals surface area contributed by atoms with Crippen LogP contribution in [0, 0.1) is 6.92 Å². The number of nitrogens with zero attached hydrogens (tertiary/aromatic N) is 2. The van der Waals surface area contributed by atoms with Gasteiger partial charge < -0.3 is 9.73 Å². The van der Waals surface area contributed by atoms with Gasteiger partial charge in [-0.1, -0.05) is 24.6 Å². The number of hydrogen-bond donors (Lipinski definition) is 1. The fourth-order valence-electron chi connectivity index (χ4n) is 3.96. The number of aryl methyl sites for hydroxylation is 1. The molecule has 0 radical (unpaired) electrons. The highest BCUT2D eigenvalue weighted by atomic mass is 16.4. The minimum absolute atomic E-state index is 0.115. The number of hydrogen-bond acceptors (Lipinski definition) is 4. The Morgan fingerprint density at radius 3 is 2.88 bits per heavy atom. The first-order valence-electron chi connectivity index (χ1n) is 8.80. The van der Waals surface area contributed by atoms with Crippen molar-refractivity contribution in [1.29, 1.82) is 0 Å². The summed E-state index contributed by atoms with van der Waals surface area (Å²) in [6.45, 7) is 4.05. The fraction of sp³-hybridized carbons (Fsp3) is 0.474. The molecule has 2 atom stereocenters. The molecule has 126 valence electrons. The zero-order valence-electron chi connectivity index (χ0n) is 14.0. The van der Waals surface area contributed by atoms with Crippen molar-refractivity contribution >= 4 is 5.91 Å². The molecule has 0 bridgehead atoms. The molecule has 2 fully saturated rings. The highest BCUT2D eigenvalue weighted by molar-refractivity contribution is 5.94. The van der Waals surface area contributed by atoms with E-state index >= 15 is 0 Å². The molecule has 0 spiro atoms. The summed E-state index contributed by atoms with van der Waals surface area (Å²) in [6.07, 6.45) is 4.74. The molecule has 2 saturated heterocycles. The number of carbonyl (C=O) groups excluding carboxylic acids is 1. The summed E-state index contributed by atoms with van der Waals surface area (Å²) in [5, 5.41) is 3.20. The van der Waals surface area contributed by atoms with Crippen molar-refractivity contribution in [3.05, 3.63) is 41.8 Å². The maximum Gasteiger partial charge on any atom is 0.273 e. The van der Waals surface area contributed by atoms with Crippen LogP contribution in [0.5, 0.6) is 0 Å². The topological polar surface area (TPSA) is 58.4 Å². The van der Waals surface area contributed by atoms with E-state index in [0.717, 1.165) is 25.1 Å². The monoisotopic (exact) mass is 325 g/mol. The summed E-state index contributed by atoms with van der Waals surface area (Å²) in [5.41, 5.74) is 1.29. The predicted molar refractivity (Wildman–Crippen MR) is 91.8 cm³/mol. The van der Waals surface area contributed by atoms with Gasteiger partial charge in [-0.3, -0.25) is 9.69 Å². The molecule has 4 rings (SSSR count). The molecule has 0 unspecified atom stereocenters. The van der Waals surface area contributed by atoms with Crippen molar-refractivity contribution in [3.63, 3.8) is 0 Å². The van der Waals surface area contributed by atoms with E-state index < -0.39 is 0 Å². The summed E-state index contributed by atoms with van der Waals surface area (Å²) in [4.78, 5) is 19.6. The summed E-state index contributed by atoms with van der Waals surface area (Å²) < 4.78 is 5.71. The van der Waals surface area contributed by atoms with Crippen LogP contribution in [0.15, 0.2) is 34.7 Å². The van der Waals surface area contributed by atoms with Crippen LogP contribution in [0.4, 0.5) is 0 Å². The average molecular weight is 325 g/mol. The van der Waals surface area contributed by atoms with E-state index in [-0.39, 0.29) is 11.9 Å². The van der Waals surface area contributed by atoms with E-state index in [1.807, 2.05) is 30.3 Å². The molecule has 2 aromatic rings. The van der Waals surface area contributed by atoms with E-state index in [1.165, 1.54) is 19.3 Å². The third-order valence-corrected chi connectivity index (χ3v) is 5.20. The van der Waals surface area contributed by atoms with Gasteiger partial charge in [-0.05, 0) is 44.9 Å². The van der Waals surface area contributed by atoms with Gasteiger partial charge >= 0.3 is 0 Å². The highest BCUT2D eigenvalue weighted by Gasteiger charge is 2.36. The molecule has 2 aliphatic rings. The molecule has 1 aromatic heterocycles. The number of aromatic nitrogens is 1. The average Bonchev–Trinajstić information content (AvgIpc) is 3.20. The van der Waals surface area contributed by atoms with Crippen LogP contribution in [0.2, 0.25) is 0 Å². The van der Waals surface area contributed by atoms with Crippen molar-refractivity contribution < 1.29 is 9.21 Å². The van der Waals surface area contributed by atoms with Gasteiger partial charge in [0, 0.05) is 24.2 Å². The van der Waals surface area contributed by atoms with Crippen LogP contribution in [-0.2, 0) is 0 Å². The maximum atomic E-state index is 12.7. The zero-order chi connectivity index (χ0) is 16.5. The summed E-state index contributed by atoms with van der Waals surface area (Å²) in [5.74, 6) is 0.963. The first-order chi connectivity index (χ1) is 11.7. The van der Waals surface area contributed by atoms with E-state index in [9.17, 15) is 4.79 Å². The maximum absolute atomic E-state index is 12.7. The number of carbonyl (C=O) groups is 1. The first-order valence-corrected chi connectivity index (χ1v) is 8.80. The molecule has 1 amide bonds. The van der Waals surface area contributed by atoms with Crippen molar-refractivity contribution in [3.8, 4) is 11.5 Å². The molecule has 5 nitrogen and oxygen atoms in total. The minimum atomic E-state index is -0.115. The quantitative estimate of drug-likeness (QED) is 0.942. The second kappa shape index (κ2) is 6.40. The lowest BCUT2D eigenvalue weighted by Gasteiger charge is -2.32. The van der Waals surface area contributed by atoms with E-state index in [2.05, 4.69) is 15.2 Å². The Hall–Kier alpha value is -2.14. The Balaban J connectivity index is 1.50. The van der Waals surface area contributed by atoms with Crippen LogP contribution < -0.4 is 5.32 Å². The minimum Gasteiger partial charge on any atom is -0.441 e. The van der Waals surface area contributed by atoms with Crippen molar-refractivity contribution in [2.75, 3.05) is 13.1 Å². The number of piperidine rings is 1. The molecular weight excluding hydrogens is 302 g/mol. The number of fused-ring (bicyclic) bond motifs is 1. The summed E-state index contributed by atoms with van der Waals surface area (Å²) in [7, 11) is 0. The van der Waals surface area contributed by atoms with Crippen LogP contribution in [-0.4, -0.2) is 41.0 Å². The standard InChI is InChI=1S/C19H23N3O2/c1-13-17(21-19(24-13)14-7-3-2-4-8-14)18(23)20-15-10-12-22-11-6-5-9-16(15)22/h2-4,7-8,15-16H,5-6,9-12H2,1H3,(H,20,23)/t15-,16-/m1/s1. The van der Waals surface area contributed by atoms with Crippen LogP contribution in [0.1, 0.15) is 41.9 Å². The van der Waals surface area contributed by atoms with Crippen molar-refractivity contribution in [1.82, 2.24) is 15.2 Å². The SMILES string of the molecule is Cc1oc(-c2ccccc2)nc1C(=O)N[C@@H]1CCN2CCCC[C@H]12. The third kappa shape index (κ3) is 2.84. The highest BCUT2D eigenvalue weighted by Crippen LogP contribution is 2.28. The van der Waals surface area contributed by atoms with E-state index in [4.69, 9.17) is 4.42 Å². The third-order valence-electron chi connectivity index (χ3n) is 5.20. The lowest BCUT2D eigenvalue weighted by Crippen LogP contribution is -2.46. The number of amides is 1. The van der Waals surface area contributed by atoms with Gasteiger partial charge in [0.1, 0.15) is 5.76 Å². The van der Waals surface area contributed by atoms with Crippen molar-refractivity contribution in [2.45, 2.75) is 44.7 Å². The Kier molecular flexibility index (Phi) is 4.10. The molecule has 5 heteroatoms. The van der Waals surface area contributed by atoms with E-state index in [1.54, 1.807) is 6.92 Å². The van der Waals surface area contributed by atoms with Gasteiger partial charge in [-0.15, -0.1) is 0 Å². The lowest BCUT2D eigenvalue weighted by atomic mass is 9.99. The molecular formula is C19H23N3O2. The second-order valence-electron chi connectivity index (χ2n) is 6.76. The Labute approximate surface area is 142 Å². The van der Waals surface area contributed by atoms with Gasteiger partial charge in [-0.25, -0.2) is 4.98 Å². The fourth-order valence-corrected chi connectivity index (χ4v) is 3.96. The van der Waals surface area contributed by atoms with Gasteiger partial charge in [-0.2, -0.15) is 0 Å². The largest absolute Gasteiger partial charge is 0.441 e. The normalized spacial score (nSPS) is 23.9. The Bertz CT molecular complexity index is 725. The van der Waals surface area contributed by atoms with Gasteiger partial charge in [0.05, 0.1) is 0 Å². The molecule has 0 saturated carbocycles. The van der Waals surface area contributed by atoms with Gasteiger partial charge in [0.2, 0.25) is 5.89 Å². The number of rotatable bonds is 3. The molecule has 1 N–H and O–H groups in total. The van der Waals surface area contributed by atoms with Gasteiger partial charge in [0.15, 0.2) is 5.69 Å². The smallest absolute Gasteiger partial charge is 0.273 e.